The van der Waals surface area contributed by atoms with Crippen LogP contribution in [-0.2, 0) is 4.74 Å². The summed E-state index contributed by atoms with van der Waals surface area (Å²) < 4.78 is 20.4. The zero-order valence-corrected chi connectivity index (χ0v) is 21.8. The number of hydrogen-bond acceptors (Lipinski definition) is 7. The molecule has 0 saturated carbocycles. The third-order valence-corrected chi connectivity index (χ3v) is 6.35. The number of nitrogens with zero attached hydrogens (tertiary/aromatic N) is 4. The van der Waals surface area contributed by atoms with Gasteiger partial charge in [0.2, 0.25) is 5.95 Å². The van der Waals surface area contributed by atoms with Crippen LogP contribution in [0.15, 0.2) is 16.6 Å². The van der Waals surface area contributed by atoms with Gasteiger partial charge in [-0.05, 0) is 62.7 Å². The minimum Gasteiger partial charge on any atom is -0.444 e. The number of ether oxygens (including phenoxy) is 1. The van der Waals surface area contributed by atoms with Gasteiger partial charge in [-0.3, -0.25) is 0 Å². The summed E-state index contributed by atoms with van der Waals surface area (Å²) in [5, 5.41) is 14.0. The molecule has 0 aliphatic carbocycles. The molecule has 2 aromatic rings. The van der Waals surface area contributed by atoms with Crippen LogP contribution in [0, 0.1) is 0 Å². The lowest BCUT2D eigenvalue weighted by Crippen LogP contribution is -2.50. The van der Waals surface area contributed by atoms with Crippen molar-refractivity contribution in [2.75, 3.05) is 42.9 Å². The average Bonchev–Trinajstić information content (AvgIpc) is 2.70. The van der Waals surface area contributed by atoms with Gasteiger partial charge >= 0.3 is 6.09 Å². The summed E-state index contributed by atoms with van der Waals surface area (Å²) >= 11 is 9.75. The molecule has 0 radical (unpaired) electrons. The smallest absolute Gasteiger partial charge is 0.410 e. The van der Waals surface area contributed by atoms with Gasteiger partial charge in [0.1, 0.15) is 17.6 Å². The number of aromatic nitrogens is 2. The second-order valence-electron chi connectivity index (χ2n) is 9.61. The van der Waals surface area contributed by atoms with Gasteiger partial charge in [0, 0.05) is 36.0 Å². The van der Waals surface area contributed by atoms with E-state index in [9.17, 15) is 14.3 Å². The first-order valence-corrected chi connectivity index (χ1v) is 11.9. The van der Waals surface area contributed by atoms with Crippen molar-refractivity contribution in [1.82, 2.24) is 14.9 Å². The summed E-state index contributed by atoms with van der Waals surface area (Å²) in [5.41, 5.74) is -1.41. The minimum atomic E-state index is -1.51. The van der Waals surface area contributed by atoms with Gasteiger partial charge in [-0.25, -0.2) is 14.2 Å². The zero-order valence-electron chi connectivity index (χ0n) is 19.5. The van der Waals surface area contributed by atoms with Crippen molar-refractivity contribution in [3.8, 4) is 0 Å². The molecule has 8 nitrogen and oxygen atoms in total. The fourth-order valence-corrected chi connectivity index (χ4v) is 3.78. The predicted molar refractivity (Wildman–Crippen MR) is 132 cm³/mol. The normalized spacial score (nSPS) is 16.2. The van der Waals surface area contributed by atoms with Gasteiger partial charge in [0.05, 0.1) is 22.7 Å². The lowest BCUT2D eigenvalue weighted by atomic mass is 10.0. The first kappa shape index (κ1) is 25.7. The molecule has 3 rings (SSSR count). The number of alkyl halides is 1. The second-order valence-corrected chi connectivity index (χ2v) is 10.9. The van der Waals surface area contributed by atoms with E-state index in [0.29, 0.717) is 47.0 Å². The van der Waals surface area contributed by atoms with E-state index in [2.05, 4.69) is 31.2 Å². The average molecular weight is 547 g/mol. The van der Waals surface area contributed by atoms with Crippen molar-refractivity contribution in [3.63, 3.8) is 0 Å². The number of amides is 1. The molecule has 1 aromatic heterocycles. The van der Waals surface area contributed by atoms with E-state index < -0.39 is 17.4 Å². The molecule has 11 heteroatoms. The highest BCUT2D eigenvalue weighted by molar-refractivity contribution is 9.10. The second kappa shape index (κ2) is 9.76. The summed E-state index contributed by atoms with van der Waals surface area (Å²) in [6.45, 7) is 10.2. The maximum Gasteiger partial charge on any atom is 0.410 e. The number of rotatable bonds is 5. The summed E-state index contributed by atoms with van der Waals surface area (Å²) in [6, 6.07) is 3.57. The maximum absolute atomic E-state index is 14.3. The Morgan fingerprint density at radius 2 is 1.88 bits per heavy atom. The molecule has 2 heterocycles. The monoisotopic (exact) mass is 545 g/mol. The van der Waals surface area contributed by atoms with Gasteiger partial charge in [0.15, 0.2) is 0 Å². The number of halogens is 3. The predicted octanol–water partition coefficient (Wildman–Crippen LogP) is 4.62. The highest BCUT2D eigenvalue weighted by atomic mass is 79.9. The fourth-order valence-electron chi connectivity index (χ4n) is 3.29. The summed E-state index contributed by atoms with van der Waals surface area (Å²) in [7, 11) is 0. The lowest BCUT2D eigenvalue weighted by molar-refractivity contribution is 0.00316. The molecular formula is C22H30BrClFN5O3. The summed E-state index contributed by atoms with van der Waals surface area (Å²) in [5.74, 6) is 0.882. The highest BCUT2D eigenvalue weighted by Crippen LogP contribution is 2.33. The number of carbonyl (C=O) groups is 1. The van der Waals surface area contributed by atoms with Crippen molar-refractivity contribution in [3.05, 3.63) is 21.6 Å². The Kier molecular flexibility index (Phi) is 7.60. The Morgan fingerprint density at radius 3 is 2.45 bits per heavy atom. The topological polar surface area (TPSA) is 90.8 Å². The Labute approximate surface area is 206 Å². The summed E-state index contributed by atoms with van der Waals surface area (Å²) in [6.07, 6.45) is -1.85. The Morgan fingerprint density at radius 1 is 1.24 bits per heavy atom. The van der Waals surface area contributed by atoms with Gasteiger partial charge in [-0.15, -0.1) is 0 Å². The van der Waals surface area contributed by atoms with Gasteiger partial charge < -0.3 is 25.0 Å². The standard InChI is InChI=1S/C22H30BrClFN5O3/c1-21(2,3)33-20(31)30-8-6-29(7-9-30)18-13-10-15(24)14(23)11-16(13)27-19(28-18)26-12-17(25)22(4,5)32/h10-11,17,32H,6-9,12H2,1-5H3,(H,26,27,28)/t17-/m1/s1. The molecule has 0 bridgehead atoms. The number of fused-ring (bicyclic) bond motifs is 1. The number of hydrogen-bond donors (Lipinski definition) is 2. The van der Waals surface area contributed by atoms with Crippen molar-refractivity contribution < 1.29 is 19.0 Å². The number of piperazine rings is 1. The first-order chi connectivity index (χ1) is 15.2. The van der Waals surface area contributed by atoms with E-state index in [4.69, 9.17) is 16.3 Å². The third-order valence-electron chi connectivity index (χ3n) is 5.15. The van der Waals surface area contributed by atoms with E-state index in [-0.39, 0.29) is 18.6 Å². The van der Waals surface area contributed by atoms with Crippen LogP contribution in [0.5, 0.6) is 0 Å². The SMILES string of the molecule is CC(C)(C)OC(=O)N1CCN(c2nc(NC[C@@H](F)C(C)(C)O)nc3cc(Br)c(Cl)cc23)CC1. The first-order valence-electron chi connectivity index (χ1n) is 10.7. The zero-order chi connectivity index (χ0) is 24.6. The molecule has 33 heavy (non-hydrogen) atoms. The van der Waals surface area contributed by atoms with E-state index in [1.165, 1.54) is 13.8 Å². The van der Waals surface area contributed by atoms with Crippen LogP contribution in [0.1, 0.15) is 34.6 Å². The van der Waals surface area contributed by atoms with Crippen molar-refractivity contribution >= 4 is 56.3 Å². The number of aliphatic hydroxyl groups is 1. The van der Waals surface area contributed by atoms with Gasteiger partial charge in [-0.1, -0.05) is 11.6 Å². The molecule has 0 spiro atoms. The molecule has 1 fully saturated rings. The quantitative estimate of drug-likeness (QED) is 0.565. The Balaban J connectivity index is 1.85. The van der Waals surface area contributed by atoms with Crippen LogP contribution in [0.3, 0.4) is 0 Å². The van der Waals surface area contributed by atoms with E-state index >= 15 is 0 Å². The molecule has 2 N–H and O–H groups in total. The molecular weight excluding hydrogens is 517 g/mol. The number of benzene rings is 1. The molecule has 1 aromatic carbocycles. The Bertz CT molecular complexity index is 1020. The van der Waals surface area contributed by atoms with Gasteiger partial charge in [-0.2, -0.15) is 4.98 Å². The number of anilines is 2. The van der Waals surface area contributed by atoms with Crippen molar-refractivity contribution in [2.45, 2.75) is 52.0 Å². The molecule has 1 aliphatic heterocycles. The van der Waals surface area contributed by atoms with Crippen molar-refractivity contribution in [1.29, 1.82) is 0 Å². The number of nitrogens with one attached hydrogen (secondary N) is 1. The Hall–Kier alpha value is -1.91. The van der Waals surface area contributed by atoms with Crippen LogP contribution in [-0.4, -0.2) is 76.2 Å². The van der Waals surface area contributed by atoms with Gasteiger partial charge in [0.25, 0.3) is 0 Å². The van der Waals surface area contributed by atoms with E-state index in [1.54, 1.807) is 17.0 Å². The number of carbonyl (C=O) groups excluding carboxylic acids is 1. The van der Waals surface area contributed by atoms with Crippen LogP contribution in [0.2, 0.25) is 5.02 Å². The molecule has 1 amide bonds. The van der Waals surface area contributed by atoms with Crippen LogP contribution in [0.4, 0.5) is 21.0 Å². The van der Waals surface area contributed by atoms with E-state index in [0.717, 1.165) is 5.39 Å². The minimum absolute atomic E-state index is 0.143. The lowest BCUT2D eigenvalue weighted by Gasteiger charge is -2.36. The van der Waals surface area contributed by atoms with E-state index in [1.807, 2.05) is 25.7 Å². The van der Waals surface area contributed by atoms with Crippen LogP contribution < -0.4 is 10.2 Å². The van der Waals surface area contributed by atoms with Crippen LogP contribution >= 0.6 is 27.5 Å². The van der Waals surface area contributed by atoms with Crippen LogP contribution in [0.25, 0.3) is 10.9 Å². The van der Waals surface area contributed by atoms with Crippen molar-refractivity contribution in [2.24, 2.45) is 0 Å². The largest absolute Gasteiger partial charge is 0.444 e. The maximum atomic E-state index is 14.3. The summed E-state index contributed by atoms with van der Waals surface area (Å²) in [4.78, 5) is 25.2. The molecule has 182 valence electrons. The molecule has 1 saturated heterocycles. The highest BCUT2D eigenvalue weighted by Gasteiger charge is 2.29. The molecule has 1 aliphatic rings. The molecule has 1 atom stereocenters. The third kappa shape index (κ3) is 6.58. The fraction of sp³-hybridized carbons (Fsp3) is 0.591. The molecule has 0 unspecified atom stereocenters.